The average Bonchev–Trinajstić information content (AvgIpc) is 3.45. The monoisotopic (exact) mass is 649 g/mol. The molecule has 3 unspecified atom stereocenters. The number of benzene rings is 1. The van der Waals surface area contributed by atoms with E-state index in [1.807, 2.05) is 18.2 Å². The van der Waals surface area contributed by atoms with E-state index < -0.39 is 65.4 Å². The predicted molar refractivity (Wildman–Crippen MR) is 160 cm³/mol. The molecular formula is C27H39N9O10. The van der Waals surface area contributed by atoms with Crippen molar-refractivity contribution >= 4 is 41.7 Å². The Kier molecular flexibility index (Phi) is 15.7. The van der Waals surface area contributed by atoms with Crippen LogP contribution in [-0.4, -0.2) is 89.5 Å². The Bertz CT molecular complexity index is 1260. The van der Waals surface area contributed by atoms with Gasteiger partial charge in [0.1, 0.15) is 24.7 Å². The molecule has 1 heterocycles. The molecule has 1 aromatic rings. The summed E-state index contributed by atoms with van der Waals surface area (Å²) in [5.74, 6) is -4.20. The SMILES string of the molecule is NC(=NCCCC(NC(=O)C(CCCCNC(=O)OCc1ccccc1)NC(=O)CNC(=O)C1CCC(=O)N1)C(=O)O)N[N+](=O)[O-]. The van der Waals surface area contributed by atoms with E-state index in [9.17, 15) is 44.0 Å². The lowest BCUT2D eigenvalue weighted by Crippen LogP contribution is -2.53. The third-order valence-electron chi connectivity index (χ3n) is 6.54. The van der Waals surface area contributed by atoms with Gasteiger partial charge in [-0.05, 0) is 44.1 Å². The summed E-state index contributed by atoms with van der Waals surface area (Å²) in [7, 11) is 0. The second-order valence-electron chi connectivity index (χ2n) is 10.2. The molecule has 9 N–H and O–H groups in total. The molecule has 252 valence electrons. The van der Waals surface area contributed by atoms with Gasteiger partial charge in [0.05, 0.1) is 6.54 Å². The normalized spacial score (nSPS) is 15.4. The first-order valence-electron chi connectivity index (χ1n) is 14.5. The van der Waals surface area contributed by atoms with E-state index >= 15 is 0 Å². The number of amides is 5. The number of nitrogens with one attached hydrogen (secondary N) is 6. The summed E-state index contributed by atoms with van der Waals surface area (Å²) in [6, 6.07) is 5.74. The number of carboxylic acid groups (broad SMARTS) is 1. The molecule has 0 spiro atoms. The number of nitrogens with two attached hydrogens (primary N) is 1. The van der Waals surface area contributed by atoms with Crippen LogP contribution in [0.5, 0.6) is 0 Å². The molecule has 1 saturated heterocycles. The first kappa shape index (κ1) is 36.7. The summed E-state index contributed by atoms with van der Waals surface area (Å²) >= 11 is 0. The summed E-state index contributed by atoms with van der Waals surface area (Å²) in [5, 5.41) is 31.4. The minimum absolute atomic E-state index is 0.0602. The van der Waals surface area contributed by atoms with Gasteiger partial charge in [-0.1, -0.05) is 35.8 Å². The van der Waals surface area contributed by atoms with Crippen molar-refractivity contribution in [1.82, 2.24) is 32.0 Å². The third kappa shape index (κ3) is 14.8. The van der Waals surface area contributed by atoms with Crippen LogP contribution < -0.4 is 37.7 Å². The van der Waals surface area contributed by atoms with E-state index in [0.717, 1.165) is 5.56 Å². The van der Waals surface area contributed by atoms with Crippen LogP contribution in [0.4, 0.5) is 4.79 Å². The van der Waals surface area contributed by atoms with Crippen LogP contribution in [0.2, 0.25) is 0 Å². The van der Waals surface area contributed by atoms with E-state index in [0.29, 0.717) is 12.8 Å². The van der Waals surface area contributed by atoms with Crippen LogP contribution in [0.25, 0.3) is 0 Å². The maximum atomic E-state index is 13.1. The number of hydrogen-bond donors (Lipinski definition) is 8. The zero-order valence-electron chi connectivity index (χ0n) is 25.0. The molecule has 5 amide bonds. The molecule has 0 aliphatic carbocycles. The molecule has 0 radical (unpaired) electrons. The summed E-state index contributed by atoms with van der Waals surface area (Å²) in [5.41, 5.74) is 7.79. The van der Waals surface area contributed by atoms with E-state index in [4.69, 9.17) is 10.5 Å². The van der Waals surface area contributed by atoms with Gasteiger partial charge in [0, 0.05) is 19.5 Å². The second kappa shape index (κ2) is 19.7. The molecule has 1 aromatic carbocycles. The number of hydrogen-bond acceptors (Lipinski definition) is 10. The highest BCUT2D eigenvalue weighted by Gasteiger charge is 2.29. The Morgan fingerprint density at radius 2 is 1.78 bits per heavy atom. The number of carbonyl (C=O) groups is 6. The number of ether oxygens (including phenoxy) is 1. The van der Waals surface area contributed by atoms with Crippen molar-refractivity contribution in [3.8, 4) is 0 Å². The summed E-state index contributed by atoms with van der Waals surface area (Å²) in [6.45, 7) is -0.269. The number of carbonyl (C=O) groups excluding carboxylic acids is 5. The minimum atomic E-state index is -1.38. The predicted octanol–water partition coefficient (Wildman–Crippen LogP) is -1.59. The lowest BCUT2D eigenvalue weighted by Gasteiger charge is -2.22. The fraction of sp³-hybridized carbons (Fsp3) is 0.519. The van der Waals surface area contributed by atoms with Crippen molar-refractivity contribution in [2.24, 2.45) is 10.7 Å². The second-order valence-corrected chi connectivity index (χ2v) is 10.2. The van der Waals surface area contributed by atoms with Crippen LogP contribution in [0.3, 0.4) is 0 Å². The molecule has 19 heteroatoms. The molecule has 1 aliphatic rings. The fourth-order valence-electron chi connectivity index (χ4n) is 4.21. The topological polar surface area (TPSA) is 286 Å². The molecule has 2 rings (SSSR count). The molecule has 3 atom stereocenters. The summed E-state index contributed by atoms with van der Waals surface area (Å²) in [4.78, 5) is 87.1. The van der Waals surface area contributed by atoms with Gasteiger partial charge in [0.2, 0.25) is 23.6 Å². The van der Waals surface area contributed by atoms with Crippen LogP contribution in [0, 0.1) is 10.1 Å². The number of nitrogens with zero attached hydrogens (tertiary/aromatic N) is 2. The number of nitro groups is 1. The largest absolute Gasteiger partial charge is 0.480 e. The number of carboxylic acids is 1. The first-order valence-corrected chi connectivity index (χ1v) is 14.5. The van der Waals surface area contributed by atoms with Crippen LogP contribution in [-0.2, 0) is 35.3 Å². The van der Waals surface area contributed by atoms with Crippen molar-refractivity contribution in [2.75, 3.05) is 19.6 Å². The zero-order valence-corrected chi connectivity index (χ0v) is 25.0. The lowest BCUT2D eigenvalue weighted by molar-refractivity contribution is -0.525. The smallest absolute Gasteiger partial charge is 0.407 e. The maximum absolute atomic E-state index is 13.1. The minimum Gasteiger partial charge on any atom is -0.480 e. The third-order valence-corrected chi connectivity index (χ3v) is 6.54. The summed E-state index contributed by atoms with van der Waals surface area (Å²) < 4.78 is 5.14. The van der Waals surface area contributed by atoms with Crippen molar-refractivity contribution in [2.45, 2.75) is 69.7 Å². The van der Waals surface area contributed by atoms with E-state index in [1.54, 1.807) is 17.6 Å². The van der Waals surface area contributed by atoms with Gasteiger partial charge in [-0.2, -0.15) is 0 Å². The lowest BCUT2D eigenvalue weighted by atomic mass is 10.1. The van der Waals surface area contributed by atoms with Gasteiger partial charge in [0.25, 0.3) is 5.96 Å². The van der Waals surface area contributed by atoms with Crippen LogP contribution in [0.15, 0.2) is 35.3 Å². The molecule has 1 aliphatic heterocycles. The highest BCUT2D eigenvalue weighted by Crippen LogP contribution is 2.07. The Hall–Kier alpha value is -5.49. The van der Waals surface area contributed by atoms with Crippen LogP contribution >= 0.6 is 0 Å². The number of rotatable bonds is 19. The Morgan fingerprint density at radius 1 is 1.07 bits per heavy atom. The number of aliphatic imine (C=N–C) groups is 1. The molecule has 19 nitrogen and oxygen atoms in total. The Labute approximate surface area is 263 Å². The average molecular weight is 650 g/mol. The van der Waals surface area contributed by atoms with Gasteiger partial charge in [-0.25, -0.2) is 24.7 Å². The number of alkyl carbamates (subject to hydrolysis) is 1. The van der Waals surface area contributed by atoms with Crippen molar-refractivity contribution in [3.05, 3.63) is 46.0 Å². The van der Waals surface area contributed by atoms with Crippen molar-refractivity contribution in [3.63, 3.8) is 0 Å². The van der Waals surface area contributed by atoms with Gasteiger partial charge in [0.15, 0.2) is 5.03 Å². The van der Waals surface area contributed by atoms with E-state index in [1.165, 1.54) is 0 Å². The number of guanidine groups is 1. The molecule has 0 saturated carbocycles. The molecule has 0 aromatic heterocycles. The molecular weight excluding hydrogens is 610 g/mol. The molecule has 1 fully saturated rings. The fourth-order valence-corrected chi connectivity index (χ4v) is 4.21. The zero-order chi connectivity index (χ0) is 33.9. The number of aliphatic carboxylic acids is 1. The number of hydrazine groups is 1. The molecule has 46 heavy (non-hydrogen) atoms. The summed E-state index contributed by atoms with van der Waals surface area (Å²) in [6.07, 6.45) is 0.609. The van der Waals surface area contributed by atoms with Gasteiger partial charge in [-0.15, -0.1) is 0 Å². The quantitative estimate of drug-likeness (QED) is 0.0277. The van der Waals surface area contributed by atoms with E-state index in [-0.39, 0.29) is 57.7 Å². The van der Waals surface area contributed by atoms with Crippen molar-refractivity contribution in [1.29, 1.82) is 0 Å². The van der Waals surface area contributed by atoms with Crippen molar-refractivity contribution < 1.29 is 43.6 Å². The van der Waals surface area contributed by atoms with Gasteiger partial charge < -0.3 is 42.2 Å². The first-order chi connectivity index (χ1) is 21.9. The van der Waals surface area contributed by atoms with E-state index in [2.05, 4.69) is 31.6 Å². The van der Waals surface area contributed by atoms with Gasteiger partial charge in [-0.3, -0.25) is 19.2 Å². The highest BCUT2D eigenvalue weighted by atomic mass is 16.7. The Balaban J connectivity index is 1.90. The highest BCUT2D eigenvalue weighted by molar-refractivity contribution is 5.94. The maximum Gasteiger partial charge on any atom is 0.407 e. The standard InChI is InChI=1S/C27H39N9O10/c28-26(35-36(44)45)29-14-6-10-20(25(41)42)34-24(40)18(33-22(38)15-31-23(39)19-11-12-21(37)32-19)9-4-5-13-30-27(43)46-16-17-7-2-1-3-8-17/h1-3,7-8,18-20H,4-6,9-16H2,(H,30,43)(H,31,39)(H,32,37)(H,33,38)(H,34,40)(H,41,42)(H3,28,29,35). The molecule has 0 bridgehead atoms. The number of unbranched alkanes of at least 4 members (excludes halogenated alkanes) is 1. The van der Waals surface area contributed by atoms with Gasteiger partial charge >= 0.3 is 12.1 Å². The van der Waals surface area contributed by atoms with Crippen LogP contribution in [0.1, 0.15) is 50.5 Å². The Morgan fingerprint density at radius 3 is 2.43 bits per heavy atom.